The Morgan fingerprint density at radius 1 is 0.903 bits per heavy atom. The zero-order chi connectivity index (χ0) is 21.5. The minimum atomic E-state index is -0.178. The topological polar surface area (TPSA) is 59.6 Å². The maximum Gasteiger partial charge on any atom is 0.269 e. The molecule has 1 aliphatic carbocycles. The van der Waals surface area contributed by atoms with Crippen molar-refractivity contribution in [2.75, 3.05) is 6.61 Å². The number of nitrogens with one attached hydrogen (secondary N) is 2. The molecule has 0 radical (unpaired) electrons. The van der Waals surface area contributed by atoms with E-state index < -0.39 is 0 Å². The fourth-order valence-corrected chi connectivity index (χ4v) is 3.52. The highest BCUT2D eigenvalue weighted by Crippen LogP contribution is 2.23. The summed E-state index contributed by atoms with van der Waals surface area (Å²) in [6.07, 6.45) is 4.09. The summed E-state index contributed by atoms with van der Waals surface area (Å²) in [5.74, 6) is 1.42. The average Bonchev–Trinajstić information content (AvgIpc) is 2.82. The number of carbonyl (C=O) groups excluding carboxylic acids is 1. The van der Waals surface area contributed by atoms with Crippen molar-refractivity contribution in [2.45, 2.75) is 26.4 Å². The van der Waals surface area contributed by atoms with Gasteiger partial charge in [-0.2, -0.15) is 0 Å². The number of aryl methyl sites for hydroxylation is 1. The molecule has 158 valence electrons. The molecule has 1 aliphatic rings. The van der Waals surface area contributed by atoms with Gasteiger partial charge in [-0.05, 0) is 67.3 Å². The monoisotopic (exact) mass is 414 g/mol. The number of fused-ring (bicyclic) bond motifs is 1. The lowest BCUT2D eigenvalue weighted by Crippen LogP contribution is -2.36. The summed E-state index contributed by atoms with van der Waals surface area (Å²) in [5.41, 5.74) is 10.8. The Hall–Kier alpha value is -3.73. The second-order valence-corrected chi connectivity index (χ2v) is 7.28. The van der Waals surface area contributed by atoms with Gasteiger partial charge in [-0.15, -0.1) is 0 Å². The van der Waals surface area contributed by atoms with Gasteiger partial charge < -0.3 is 9.47 Å². The zero-order valence-corrected chi connectivity index (χ0v) is 17.6. The molecule has 3 aromatic carbocycles. The van der Waals surface area contributed by atoms with Crippen molar-refractivity contribution in [2.24, 2.45) is 0 Å². The number of rotatable bonds is 8. The molecular formula is C26H26N2O3. The van der Waals surface area contributed by atoms with Crippen molar-refractivity contribution in [3.05, 3.63) is 101 Å². The molecule has 1 amide bonds. The molecular weight excluding hydrogens is 388 g/mol. The summed E-state index contributed by atoms with van der Waals surface area (Å²) >= 11 is 0. The van der Waals surface area contributed by atoms with Crippen LogP contribution in [-0.2, 0) is 13.0 Å². The van der Waals surface area contributed by atoms with Crippen LogP contribution in [0.4, 0.5) is 0 Å². The first kappa shape index (κ1) is 20.5. The van der Waals surface area contributed by atoms with Crippen LogP contribution in [0.1, 0.15) is 40.4 Å². The van der Waals surface area contributed by atoms with Crippen molar-refractivity contribution < 1.29 is 14.3 Å². The molecule has 0 saturated carbocycles. The third-order valence-corrected chi connectivity index (χ3v) is 5.14. The lowest BCUT2D eigenvalue weighted by molar-refractivity contribution is 0.0942. The molecule has 0 aliphatic heterocycles. The SMILES string of the molecule is CCOc1ccc(OCc2ccc(C(=O)NNC3=CCCc4ccccc43)cc2)cc1. The van der Waals surface area contributed by atoms with E-state index in [9.17, 15) is 4.79 Å². The van der Waals surface area contributed by atoms with Gasteiger partial charge in [0.25, 0.3) is 5.91 Å². The molecule has 4 rings (SSSR count). The number of hydrogen-bond acceptors (Lipinski definition) is 4. The highest BCUT2D eigenvalue weighted by atomic mass is 16.5. The van der Waals surface area contributed by atoms with Crippen LogP contribution in [0, 0.1) is 0 Å². The molecule has 5 nitrogen and oxygen atoms in total. The fourth-order valence-electron chi connectivity index (χ4n) is 3.52. The number of ether oxygens (including phenoxy) is 2. The first-order valence-electron chi connectivity index (χ1n) is 10.5. The molecule has 0 heterocycles. The highest BCUT2D eigenvalue weighted by Gasteiger charge is 2.13. The van der Waals surface area contributed by atoms with E-state index in [0.717, 1.165) is 41.2 Å². The van der Waals surface area contributed by atoms with Crippen molar-refractivity contribution in [1.82, 2.24) is 10.9 Å². The maximum absolute atomic E-state index is 12.5. The van der Waals surface area contributed by atoms with Gasteiger partial charge in [0.2, 0.25) is 0 Å². The zero-order valence-electron chi connectivity index (χ0n) is 17.6. The molecule has 0 bridgehead atoms. The lowest BCUT2D eigenvalue weighted by Gasteiger charge is -2.19. The van der Waals surface area contributed by atoms with Crippen LogP contribution in [0.25, 0.3) is 5.70 Å². The minimum absolute atomic E-state index is 0.178. The number of hydrazine groups is 1. The van der Waals surface area contributed by atoms with E-state index in [-0.39, 0.29) is 5.91 Å². The third kappa shape index (κ3) is 5.25. The summed E-state index contributed by atoms with van der Waals surface area (Å²) in [6, 6.07) is 23.2. The third-order valence-electron chi connectivity index (χ3n) is 5.14. The van der Waals surface area contributed by atoms with Gasteiger partial charge in [-0.25, -0.2) is 0 Å². The fraction of sp³-hybridized carbons (Fsp3) is 0.192. The molecule has 0 atom stereocenters. The van der Waals surface area contributed by atoms with Crippen LogP contribution in [0.15, 0.2) is 78.9 Å². The summed E-state index contributed by atoms with van der Waals surface area (Å²) in [4.78, 5) is 12.5. The minimum Gasteiger partial charge on any atom is -0.494 e. The smallest absolute Gasteiger partial charge is 0.269 e. The van der Waals surface area contributed by atoms with Gasteiger partial charge in [-0.1, -0.05) is 42.5 Å². The molecule has 2 N–H and O–H groups in total. The Morgan fingerprint density at radius 3 is 2.35 bits per heavy atom. The predicted octanol–water partition coefficient (Wildman–Crippen LogP) is 4.89. The van der Waals surface area contributed by atoms with Crippen molar-refractivity contribution in [1.29, 1.82) is 0 Å². The highest BCUT2D eigenvalue weighted by molar-refractivity contribution is 5.94. The quantitative estimate of drug-likeness (QED) is 0.516. The van der Waals surface area contributed by atoms with Crippen LogP contribution in [0.5, 0.6) is 11.5 Å². The van der Waals surface area contributed by atoms with Gasteiger partial charge in [0.05, 0.1) is 12.3 Å². The van der Waals surface area contributed by atoms with Crippen LogP contribution < -0.4 is 20.3 Å². The Morgan fingerprint density at radius 2 is 1.61 bits per heavy atom. The van der Waals surface area contributed by atoms with E-state index in [0.29, 0.717) is 18.8 Å². The number of carbonyl (C=O) groups is 1. The first-order chi connectivity index (χ1) is 15.2. The first-order valence-corrected chi connectivity index (χ1v) is 10.5. The van der Waals surface area contributed by atoms with Crippen LogP contribution in [-0.4, -0.2) is 12.5 Å². The second kappa shape index (κ2) is 9.85. The van der Waals surface area contributed by atoms with Crippen LogP contribution in [0.2, 0.25) is 0 Å². The van der Waals surface area contributed by atoms with E-state index in [4.69, 9.17) is 9.47 Å². The second-order valence-electron chi connectivity index (χ2n) is 7.28. The number of amides is 1. The largest absolute Gasteiger partial charge is 0.494 e. The van der Waals surface area contributed by atoms with E-state index in [2.05, 4.69) is 29.1 Å². The number of benzene rings is 3. The summed E-state index contributed by atoms with van der Waals surface area (Å²) in [6.45, 7) is 3.02. The van der Waals surface area contributed by atoms with Gasteiger partial charge in [0.15, 0.2) is 0 Å². The summed E-state index contributed by atoms with van der Waals surface area (Å²) in [5, 5.41) is 0. The van der Waals surface area contributed by atoms with E-state index >= 15 is 0 Å². The maximum atomic E-state index is 12.5. The number of hydrogen-bond donors (Lipinski definition) is 2. The molecule has 31 heavy (non-hydrogen) atoms. The van der Waals surface area contributed by atoms with Gasteiger partial charge >= 0.3 is 0 Å². The standard InChI is InChI=1S/C26H26N2O3/c1-2-30-22-14-16-23(17-15-22)31-18-19-10-12-21(13-11-19)26(29)28-27-25-9-5-7-20-6-3-4-8-24(20)25/h3-4,6,8-17,27H,2,5,7,18H2,1H3,(H,28,29). The Labute approximate surface area is 182 Å². The average molecular weight is 415 g/mol. The van der Waals surface area contributed by atoms with Crippen molar-refractivity contribution in [3.8, 4) is 11.5 Å². The van der Waals surface area contributed by atoms with Gasteiger partial charge in [0.1, 0.15) is 18.1 Å². The normalized spacial score (nSPS) is 12.4. The van der Waals surface area contributed by atoms with Crippen molar-refractivity contribution >= 4 is 11.6 Å². The number of allylic oxidation sites excluding steroid dienone is 1. The van der Waals surface area contributed by atoms with Crippen LogP contribution >= 0.6 is 0 Å². The predicted molar refractivity (Wildman–Crippen MR) is 122 cm³/mol. The Bertz CT molecular complexity index is 1060. The van der Waals surface area contributed by atoms with Crippen LogP contribution in [0.3, 0.4) is 0 Å². The van der Waals surface area contributed by atoms with Gasteiger partial charge in [-0.3, -0.25) is 15.6 Å². The summed E-state index contributed by atoms with van der Waals surface area (Å²) in [7, 11) is 0. The lowest BCUT2D eigenvalue weighted by atomic mass is 9.95. The molecule has 0 unspecified atom stereocenters. The Kier molecular flexibility index (Phi) is 6.53. The van der Waals surface area contributed by atoms with E-state index in [1.165, 1.54) is 5.56 Å². The van der Waals surface area contributed by atoms with E-state index in [1.54, 1.807) is 12.1 Å². The van der Waals surface area contributed by atoms with E-state index in [1.807, 2.05) is 55.5 Å². The van der Waals surface area contributed by atoms with Crippen molar-refractivity contribution in [3.63, 3.8) is 0 Å². The van der Waals surface area contributed by atoms with Gasteiger partial charge in [0, 0.05) is 11.1 Å². The molecule has 5 heteroatoms. The molecule has 0 spiro atoms. The molecule has 0 aromatic heterocycles. The molecule has 3 aromatic rings. The summed E-state index contributed by atoms with van der Waals surface area (Å²) < 4.78 is 11.2. The molecule has 0 fully saturated rings. The molecule has 0 saturated heterocycles. The Balaban J connectivity index is 1.29.